The molecule has 7 heteroatoms. The molecule has 2 rings (SSSR count). The molecule has 2 aromatic carbocycles. The Kier molecular flexibility index (Phi) is 6.97. The molecule has 1 N–H and O–H groups in total. The number of likely N-dealkylation sites (N-methyl/N-ethyl adjacent to an activating group) is 1. The second kappa shape index (κ2) is 9.20. The van der Waals surface area contributed by atoms with Crippen molar-refractivity contribution >= 4 is 23.4 Å². The molecule has 1 atom stereocenters. The minimum atomic E-state index is -0.702. The summed E-state index contributed by atoms with van der Waals surface area (Å²) in [6, 6.07) is 11.7. The first-order valence-corrected chi connectivity index (χ1v) is 8.42. The van der Waals surface area contributed by atoms with Crippen molar-refractivity contribution in [2.24, 2.45) is 0 Å². The van der Waals surface area contributed by atoms with Gasteiger partial charge in [0.05, 0.1) is 0 Å². The average molecular weight is 379 g/mol. The van der Waals surface area contributed by atoms with Crippen LogP contribution in [0.1, 0.15) is 12.5 Å². The van der Waals surface area contributed by atoms with Crippen molar-refractivity contribution in [3.63, 3.8) is 0 Å². The lowest BCUT2D eigenvalue weighted by molar-refractivity contribution is -0.142. The third-order valence-corrected chi connectivity index (χ3v) is 4.11. The lowest BCUT2D eigenvalue weighted by atomic mass is 10.1. The smallest absolute Gasteiger partial charge is 0.261 e. The molecule has 138 valence electrons. The number of halogens is 2. The standard InChI is InChI=1S/C19H20ClFN2O3/c1-13(19(25)22-2)23(11-14-3-7-16(21)8-4-14)18(24)12-26-17-9-5-15(20)6-10-17/h3-10,13H,11-12H2,1-2H3,(H,22,25)/t13-/m0/s1. The Bertz CT molecular complexity index is 750. The van der Waals surface area contributed by atoms with E-state index in [1.165, 1.54) is 24.1 Å². The maximum atomic E-state index is 13.1. The van der Waals surface area contributed by atoms with Crippen LogP contribution in [-0.4, -0.2) is 36.4 Å². The largest absolute Gasteiger partial charge is 0.484 e. The Morgan fingerprint density at radius 3 is 2.35 bits per heavy atom. The zero-order valence-corrected chi connectivity index (χ0v) is 15.3. The van der Waals surface area contributed by atoms with Crippen molar-refractivity contribution in [1.29, 1.82) is 0 Å². The molecular weight excluding hydrogens is 359 g/mol. The predicted octanol–water partition coefficient (Wildman–Crippen LogP) is 3.02. The number of rotatable bonds is 7. The topological polar surface area (TPSA) is 58.6 Å². The van der Waals surface area contributed by atoms with E-state index in [-0.39, 0.29) is 30.8 Å². The van der Waals surface area contributed by atoms with Crippen molar-refractivity contribution < 1.29 is 18.7 Å². The van der Waals surface area contributed by atoms with E-state index in [1.807, 2.05) is 0 Å². The molecule has 0 bridgehead atoms. The Labute approximate surface area is 156 Å². The number of hydrogen-bond donors (Lipinski definition) is 1. The van der Waals surface area contributed by atoms with Gasteiger partial charge in [-0.05, 0) is 48.9 Å². The number of nitrogens with one attached hydrogen (secondary N) is 1. The van der Waals surface area contributed by atoms with E-state index in [0.29, 0.717) is 16.3 Å². The van der Waals surface area contributed by atoms with Gasteiger partial charge in [-0.1, -0.05) is 23.7 Å². The molecule has 0 aliphatic carbocycles. The molecule has 26 heavy (non-hydrogen) atoms. The SMILES string of the molecule is CNC(=O)[C@H](C)N(Cc1ccc(F)cc1)C(=O)COc1ccc(Cl)cc1. The number of carbonyl (C=O) groups is 2. The van der Waals surface area contributed by atoms with Gasteiger partial charge in [-0.15, -0.1) is 0 Å². The van der Waals surface area contributed by atoms with Gasteiger partial charge in [0.15, 0.2) is 6.61 Å². The minimum absolute atomic E-state index is 0.164. The summed E-state index contributed by atoms with van der Waals surface area (Å²) in [5.41, 5.74) is 0.710. The summed E-state index contributed by atoms with van der Waals surface area (Å²) in [5.74, 6) is -0.526. The molecule has 2 amide bonds. The lowest BCUT2D eigenvalue weighted by Crippen LogP contribution is -2.48. The van der Waals surface area contributed by atoms with Crippen molar-refractivity contribution in [3.05, 3.63) is 64.9 Å². The summed E-state index contributed by atoms with van der Waals surface area (Å²) >= 11 is 5.82. The van der Waals surface area contributed by atoms with E-state index in [2.05, 4.69) is 5.32 Å². The Hall–Kier alpha value is -2.60. The zero-order valence-electron chi connectivity index (χ0n) is 14.5. The number of hydrogen-bond acceptors (Lipinski definition) is 3. The van der Waals surface area contributed by atoms with Gasteiger partial charge in [-0.2, -0.15) is 0 Å². The van der Waals surface area contributed by atoms with Crippen molar-refractivity contribution in [2.45, 2.75) is 19.5 Å². The first-order chi connectivity index (χ1) is 12.4. The summed E-state index contributed by atoms with van der Waals surface area (Å²) in [5, 5.41) is 3.09. The Morgan fingerprint density at radius 2 is 1.77 bits per heavy atom. The zero-order chi connectivity index (χ0) is 19.1. The average Bonchev–Trinajstić information content (AvgIpc) is 2.65. The van der Waals surface area contributed by atoms with Gasteiger partial charge in [0.1, 0.15) is 17.6 Å². The normalized spacial score (nSPS) is 11.5. The predicted molar refractivity (Wildman–Crippen MR) is 97.4 cm³/mol. The highest BCUT2D eigenvalue weighted by atomic mass is 35.5. The third-order valence-electron chi connectivity index (χ3n) is 3.86. The molecule has 0 saturated carbocycles. The van der Waals surface area contributed by atoms with Gasteiger partial charge in [-0.25, -0.2) is 4.39 Å². The van der Waals surface area contributed by atoms with Crippen LogP contribution in [0.3, 0.4) is 0 Å². The molecule has 0 fully saturated rings. The van der Waals surface area contributed by atoms with Gasteiger partial charge >= 0.3 is 0 Å². The Balaban J connectivity index is 2.10. The molecule has 0 aliphatic rings. The molecule has 0 saturated heterocycles. The van der Waals surface area contributed by atoms with Gasteiger partial charge in [-0.3, -0.25) is 9.59 Å². The molecule has 0 unspecified atom stereocenters. The summed E-state index contributed by atoms with van der Waals surface area (Å²) in [4.78, 5) is 26.0. The lowest BCUT2D eigenvalue weighted by Gasteiger charge is -2.28. The van der Waals surface area contributed by atoms with E-state index < -0.39 is 6.04 Å². The van der Waals surface area contributed by atoms with Gasteiger partial charge < -0.3 is 15.0 Å². The van der Waals surface area contributed by atoms with Crippen molar-refractivity contribution in [3.8, 4) is 5.75 Å². The van der Waals surface area contributed by atoms with E-state index in [4.69, 9.17) is 16.3 Å². The van der Waals surface area contributed by atoms with Crippen LogP contribution in [0, 0.1) is 5.82 Å². The number of amides is 2. The molecule has 2 aromatic rings. The maximum absolute atomic E-state index is 13.1. The van der Waals surface area contributed by atoms with Gasteiger partial charge in [0, 0.05) is 18.6 Å². The highest BCUT2D eigenvalue weighted by molar-refractivity contribution is 6.30. The molecular formula is C19H20ClFN2O3. The second-order valence-corrected chi connectivity index (χ2v) is 6.12. The molecule has 0 aliphatic heterocycles. The van der Waals surface area contributed by atoms with E-state index in [0.717, 1.165) is 0 Å². The fourth-order valence-corrected chi connectivity index (χ4v) is 2.46. The van der Waals surface area contributed by atoms with Crippen LogP contribution in [0.4, 0.5) is 4.39 Å². The van der Waals surface area contributed by atoms with Crippen molar-refractivity contribution in [1.82, 2.24) is 10.2 Å². The number of ether oxygens (including phenoxy) is 1. The number of carbonyl (C=O) groups excluding carboxylic acids is 2. The van der Waals surface area contributed by atoms with Crippen LogP contribution in [-0.2, 0) is 16.1 Å². The minimum Gasteiger partial charge on any atom is -0.484 e. The van der Waals surface area contributed by atoms with Gasteiger partial charge in [0.25, 0.3) is 5.91 Å². The fraction of sp³-hybridized carbons (Fsp3) is 0.263. The third kappa shape index (κ3) is 5.46. The highest BCUT2D eigenvalue weighted by Crippen LogP contribution is 2.16. The monoisotopic (exact) mass is 378 g/mol. The van der Waals surface area contributed by atoms with Crippen molar-refractivity contribution in [2.75, 3.05) is 13.7 Å². The number of benzene rings is 2. The van der Waals surface area contributed by atoms with Crippen LogP contribution in [0.15, 0.2) is 48.5 Å². The summed E-state index contributed by atoms with van der Waals surface area (Å²) in [6.45, 7) is 1.56. The van der Waals surface area contributed by atoms with Crippen LogP contribution < -0.4 is 10.1 Å². The van der Waals surface area contributed by atoms with E-state index >= 15 is 0 Å². The molecule has 5 nitrogen and oxygen atoms in total. The second-order valence-electron chi connectivity index (χ2n) is 5.68. The van der Waals surface area contributed by atoms with E-state index in [9.17, 15) is 14.0 Å². The maximum Gasteiger partial charge on any atom is 0.261 e. The quantitative estimate of drug-likeness (QED) is 0.805. The van der Waals surface area contributed by atoms with Crippen LogP contribution in [0.5, 0.6) is 5.75 Å². The van der Waals surface area contributed by atoms with Crippen LogP contribution >= 0.6 is 11.6 Å². The highest BCUT2D eigenvalue weighted by Gasteiger charge is 2.25. The fourth-order valence-electron chi connectivity index (χ4n) is 2.34. The van der Waals surface area contributed by atoms with E-state index in [1.54, 1.807) is 43.3 Å². The molecule has 0 spiro atoms. The van der Waals surface area contributed by atoms with Gasteiger partial charge in [0.2, 0.25) is 5.91 Å². The molecule has 0 heterocycles. The molecule has 0 radical (unpaired) electrons. The molecule has 0 aromatic heterocycles. The Morgan fingerprint density at radius 1 is 1.15 bits per heavy atom. The number of nitrogens with zero attached hydrogens (tertiary/aromatic N) is 1. The first kappa shape index (κ1) is 19.7. The summed E-state index contributed by atoms with van der Waals surface area (Å²) in [7, 11) is 1.50. The summed E-state index contributed by atoms with van der Waals surface area (Å²) < 4.78 is 18.6. The van der Waals surface area contributed by atoms with Crippen LogP contribution in [0.25, 0.3) is 0 Å². The summed E-state index contributed by atoms with van der Waals surface area (Å²) in [6.07, 6.45) is 0. The first-order valence-electron chi connectivity index (χ1n) is 8.04. The van der Waals surface area contributed by atoms with Crippen LogP contribution in [0.2, 0.25) is 5.02 Å².